The van der Waals surface area contributed by atoms with Crippen LogP contribution in [0.25, 0.3) is 0 Å². The molecule has 0 bridgehead atoms. The summed E-state index contributed by atoms with van der Waals surface area (Å²) in [7, 11) is 1.74. The third-order valence-corrected chi connectivity index (χ3v) is 3.96. The first-order valence-electron chi connectivity index (χ1n) is 6.38. The molecule has 1 aromatic heterocycles. The van der Waals surface area contributed by atoms with Gasteiger partial charge in [0, 0.05) is 13.5 Å². The van der Waals surface area contributed by atoms with E-state index in [1.54, 1.807) is 25.6 Å². The monoisotopic (exact) mass is 284 g/mol. The maximum Gasteiger partial charge on any atom is 0.404 e. The minimum atomic E-state index is -1.29. The van der Waals surface area contributed by atoms with E-state index in [4.69, 9.17) is 15.6 Å². The third-order valence-electron chi connectivity index (χ3n) is 3.96. The second kappa shape index (κ2) is 4.95. The minimum absolute atomic E-state index is 0.285. The van der Waals surface area contributed by atoms with Gasteiger partial charge in [0.2, 0.25) is 0 Å². The molecule has 2 heterocycles. The zero-order chi connectivity index (χ0) is 15.1. The average Bonchev–Trinajstić information content (AvgIpc) is 2.65. The van der Waals surface area contributed by atoms with Crippen molar-refractivity contribution < 1.29 is 19.7 Å². The standard InChI is InChI=1S/C12H20N4O4/c1-6-12(2,19)9(15-11(17)18)4-8(20-6)10-7(13)5-14-16(10)3/h5-6,8-9,15,19H,4,13H2,1-3H3,(H,17,18)/t6-,8-,9-,12-/m1/s1. The Labute approximate surface area is 116 Å². The molecule has 0 unspecified atom stereocenters. The van der Waals surface area contributed by atoms with Gasteiger partial charge < -0.3 is 26.0 Å². The molecular weight excluding hydrogens is 264 g/mol. The normalized spacial score (nSPS) is 33.9. The number of aromatic nitrogens is 2. The summed E-state index contributed by atoms with van der Waals surface area (Å²) in [6, 6.07) is -0.650. The van der Waals surface area contributed by atoms with Gasteiger partial charge in [0.05, 0.1) is 29.7 Å². The van der Waals surface area contributed by atoms with Crippen LogP contribution in [0, 0.1) is 0 Å². The van der Waals surface area contributed by atoms with Gasteiger partial charge in [-0.25, -0.2) is 4.79 Å². The van der Waals surface area contributed by atoms with Crippen LogP contribution in [0.5, 0.6) is 0 Å². The SMILES string of the molecule is C[C@H]1O[C@@H](c2c(N)cnn2C)C[C@@H](NC(=O)O)[C@]1(C)O. The molecule has 5 N–H and O–H groups in total. The number of carbonyl (C=O) groups is 1. The van der Waals surface area contributed by atoms with Crippen LogP contribution in [0.15, 0.2) is 6.20 Å². The summed E-state index contributed by atoms with van der Waals surface area (Å²) in [5.74, 6) is 0. The van der Waals surface area contributed by atoms with E-state index in [0.717, 1.165) is 0 Å². The number of nitrogens with two attached hydrogens (primary N) is 1. The highest BCUT2D eigenvalue weighted by atomic mass is 16.5. The van der Waals surface area contributed by atoms with Gasteiger partial charge in [-0.05, 0) is 13.8 Å². The lowest BCUT2D eigenvalue weighted by molar-refractivity contribution is -0.177. The largest absolute Gasteiger partial charge is 0.465 e. The number of aryl methyl sites for hydroxylation is 1. The summed E-state index contributed by atoms with van der Waals surface area (Å²) in [4.78, 5) is 10.9. The Kier molecular flexibility index (Phi) is 3.61. The number of amides is 1. The molecule has 4 atom stereocenters. The molecule has 0 aromatic carbocycles. The minimum Gasteiger partial charge on any atom is -0.465 e. The first kappa shape index (κ1) is 14.6. The van der Waals surface area contributed by atoms with E-state index in [2.05, 4.69) is 10.4 Å². The van der Waals surface area contributed by atoms with Crippen molar-refractivity contribution in [1.29, 1.82) is 0 Å². The van der Waals surface area contributed by atoms with Crippen molar-refractivity contribution in [1.82, 2.24) is 15.1 Å². The van der Waals surface area contributed by atoms with Crippen molar-refractivity contribution in [2.24, 2.45) is 7.05 Å². The molecule has 20 heavy (non-hydrogen) atoms. The van der Waals surface area contributed by atoms with Gasteiger partial charge in [0.25, 0.3) is 0 Å². The second-order valence-electron chi connectivity index (χ2n) is 5.34. The van der Waals surface area contributed by atoms with Gasteiger partial charge in [-0.2, -0.15) is 5.10 Å². The van der Waals surface area contributed by atoms with E-state index in [-0.39, 0.29) is 6.42 Å². The molecule has 0 radical (unpaired) electrons. The summed E-state index contributed by atoms with van der Waals surface area (Å²) in [5, 5.41) is 25.7. The number of hydrogen-bond donors (Lipinski definition) is 4. The Morgan fingerprint density at radius 2 is 2.35 bits per heavy atom. The van der Waals surface area contributed by atoms with Gasteiger partial charge in [0.15, 0.2) is 0 Å². The van der Waals surface area contributed by atoms with Crippen molar-refractivity contribution in [3.63, 3.8) is 0 Å². The number of ether oxygens (including phenoxy) is 1. The van der Waals surface area contributed by atoms with Crippen LogP contribution >= 0.6 is 0 Å². The Hall–Kier alpha value is -1.80. The van der Waals surface area contributed by atoms with Crippen LogP contribution in [0.2, 0.25) is 0 Å². The molecule has 0 spiro atoms. The molecule has 2 rings (SSSR count). The van der Waals surface area contributed by atoms with E-state index < -0.39 is 29.9 Å². The fraction of sp³-hybridized carbons (Fsp3) is 0.667. The Balaban J connectivity index is 2.29. The number of nitrogens with one attached hydrogen (secondary N) is 1. The molecule has 112 valence electrons. The van der Waals surface area contributed by atoms with E-state index in [0.29, 0.717) is 11.4 Å². The molecule has 1 saturated heterocycles. The molecule has 0 aliphatic carbocycles. The van der Waals surface area contributed by atoms with Gasteiger partial charge >= 0.3 is 6.09 Å². The summed E-state index contributed by atoms with van der Waals surface area (Å²) in [6.07, 6.45) is -0.341. The predicted molar refractivity (Wildman–Crippen MR) is 71.1 cm³/mol. The molecule has 1 fully saturated rings. The van der Waals surface area contributed by atoms with Crippen LogP contribution in [-0.2, 0) is 11.8 Å². The van der Waals surface area contributed by atoms with E-state index >= 15 is 0 Å². The third kappa shape index (κ3) is 2.44. The molecule has 1 amide bonds. The molecule has 0 saturated carbocycles. The topological polar surface area (TPSA) is 123 Å². The van der Waals surface area contributed by atoms with Crippen molar-refractivity contribution in [3.8, 4) is 0 Å². The molecule has 8 heteroatoms. The van der Waals surface area contributed by atoms with Crippen LogP contribution in [0.1, 0.15) is 32.1 Å². The van der Waals surface area contributed by atoms with E-state index in [1.165, 1.54) is 6.20 Å². The lowest BCUT2D eigenvalue weighted by Crippen LogP contribution is -2.60. The van der Waals surface area contributed by atoms with Crippen LogP contribution in [-0.4, -0.2) is 43.8 Å². The summed E-state index contributed by atoms with van der Waals surface area (Å²) in [5.41, 5.74) is 5.75. The Morgan fingerprint density at radius 1 is 1.70 bits per heavy atom. The van der Waals surface area contributed by atoms with E-state index in [1.807, 2.05) is 0 Å². The van der Waals surface area contributed by atoms with Gasteiger partial charge in [-0.3, -0.25) is 4.68 Å². The Bertz CT molecular complexity index is 494. The molecule has 1 aromatic rings. The predicted octanol–water partition coefficient (Wildman–Crippen LogP) is 0.239. The highest BCUT2D eigenvalue weighted by molar-refractivity contribution is 5.65. The summed E-state index contributed by atoms with van der Waals surface area (Å²) >= 11 is 0. The fourth-order valence-corrected chi connectivity index (χ4v) is 2.56. The van der Waals surface area contributed by atoms with Crippen molar-refractivity contribution >= 4 is 11.8 Å². The number of hydrogen-bond acceptors (Lipinski definition) is 5. The van der Waals surface area contributed by atoms with Crippen LogP contribution in [0.3, 0.4) is 0 Å². The van der Waals surface area contributed by atoms with Crippen LogP contribution in [0.4, 0.5) is 10.5 Å². The number of aliphatic hydroxyl groups is 1. The number of nitrogen functional groups attached to an aromatic ring is 1. The van der Waals surface area contributed by atoms with Crippen LogP contribution < -0.4 is 11.1 Å². The zero-order valence-corrected chi connectivity index (χ0v) is 11.7. The van der Waals surface area contributed by atoms with E-state index in [9.17, 15) is 9.90 Å². The number of nitrogens with zero attached hydrogens (tertiary/aromatic N) is 2. The van der Waals surface area contributed by atoms with Crippen molar-refractivity contribution in [2.45, 2.75) is 44.1 Å². The van der Waals surface area contributed by atoms with Crippen molar-refractivity contribution in [2.75, 3.05) is 5.73 Å². The number of carboxylic acid groups (broad SMARTS) is 1. The highest BCUT2D eigenvalue weighted by Gasteiger charge is 2.46. The highest BCUT2D eigenvalue weighted by Crippen LogP contribution is 2.38. The summed E-state index contributed by atoms with van der Waals surface area (Å²) in [6.45, 7) is 3.26. The maximum absolute atomic E-state index is 10.9. The average molecular weight is 284 g/mol. The first-order chi connectivity index (χ1) is 9.23. The molecule has 8 nitrogen and oxygen atoms in total. The summed E-state index contributed by atoms with van der Waals surface area (Å²) < 4.78 is 7.40. The molecule has 1 aliphatic heterocycles. The zero-order valence-electron chi connectivity index (χ0n) is 11.7. The fourth-order valence-electron chi connectivity index (χ4n) is 2.56. The molecular formula is C12H20N4O4. The lowest BCUT2D eigenvalue weighted by atomic mass is 9.83. The second-order valence-corrected chi connectivity index (χ2v) is 5.34. The lowest BCUT2D eigenvalue weighted by Gasteiger charge is -2.45. The van der Waals surface area contributed by atoms with Gasteiger partial charge in [-0.1, -0.05) is 0 Å². The maximum atomic E-state index is 10.9. The van der Waals surface area contributed by atoms with Crippen molar-refractivity contribution in [3.05, 3.63) is 11.9 Å². The molecule has 1 aliphatic rings. The smallest absolute Gasteiger partial charge is 0.404 e. The Morgan fingerprint density at radius 3 is 2.85 bits per heavy atom. The number of anilines is 1. The van der Waals surface area contributed by atoms with Gasteiger partial charge in [0.1, 0.15) is 11.7 Å². The van der Waals surface area contributed by atoms with Gasteiger partial charge in [-0.15, -0.1) is 0 Å². The quantitative estimate of drug-likeness (QED) is 0.617. The first-order valence-corrected chi connectivity index (χ1v) is 6.38. The number of rotatable bonds is 2.